The predicted octanol–water partition coefficient (Wildman–Crippen LogP) is 5.43. The predicted molar refractivity (Wildman–Crippen MR) is 142 cm³/mol. The molecule has 1 amide bonds. The van der Waals surface area contributed by atoms with Gasteiger partial charge in [-0.25, -0.2) is 13.8 Å². The van der Waals surface area contributed by atoms with E-state index in [2.05, 4.69) is 21.4 Å². The smallest absolute Gasteiger partial charge is 0.264 e. The molecular formula is C28H32F2N6O2. The average Bonchev–Trinajstić information content (AvgIpc) is 3.52. The van der Waals surface area contributed by atoms with Crippen molar-refractivity contribution in [2.75, 3.05) is 20.3 Å². The van der Waals surface area contributed by atoms with Gasteiger partial charge in [0.2, 0.25) is 5.91 Å². The van der Waals surface area contributed by atoms with Crippen LogP contribution in [0.5, 0.6) is 0 Å². The number of amides is 1. The molecule has 0 saturated carbocycles. The van der Waals surface area contributed by atoms with E-state index < -0.39 is 12.5 Å². The van der Waals surface area contributed by atoms with Gasteiger partial charge in [-0.1, -0.05) is 6.08 Å². The molecule has 200 valence electrons. The average molecular weight is 523 g/mol. The molecule has 1 fully saturated rings. The zero-order valence-electron chi connectivity index (χ0n) is 22.1. The number of hydrogen-bond donors (Lipinski definition) is 0. The second kappa shape index (κ2) is 10.2. The first-order valence-corrected chi connectivity index (χ1v) is 12.8. The van der Waals surface area contributed by atoms with Gasteiger partial charge in [0.15, 0.2) is 0 Å². The van der Waals surface area contributed by atoms with Gasteiger partial charge in [-0.2, -0.15) is 5.10 Å². The summed E-state index contributed by atoms with van der Waals surface area (Å²) in [6.07, 6.45) is 4.05. The number of allylic oxidation sites excluding steroid dienone is 1. The monoisotopic (exact) mass is 522 g/mol. The summed E-state index contributed by atoms with van der Waals surface area (Å²) in [7, 11) is 3.52. The molecule has 1 atom stereocenters. The van der Waals surface area contributed by atoms with E-state index in [1.54, 1.807) is 42.1 Å². The van der Waals surface area contributed by atoms with Crippen LogP contribution in [0.4, 0.5) is 14.5 Å². The molecule has 8 nitrogen and oxygen atoms in total. The van der Waals surface area contributed by atoms with Crippen LogP contribution in [0.2, 0.25) is 0 Å². The van der Waals surface area contributed by atoms with Crippen LogP contribution in [0.3, 0.4) is 0 Å². The molecule has 2 aliphatic heterocycles. The number of imidazole rings is 1. The number of alkyl halides is 2. The number of fused-ring (bicyclic) bond motifs is 1. The fourth-order valence-electron chi connectivity index (χ4n) is 5.62. The number of carbonyl (C=O) groups excluding carboxylic acids is 1. The van der Waals surface area contributed by atoms with Gasteiger partial charge in [-0.3, -0.25) is 14.5 Å². The van der Waals surface area contributed by atoms with Gasteiger partial charge in [0.1, 0.15) is 11.9 Å². The van der Waals surface area contributed by atoms with E-state index in [1.807, 2.05) is 19.9 Å². The summed E-state index contributed by atoms with van der Waals surface area (Å²) >= 11 is 0. The summed E-state index contributed by atoms with van der Waals surface area (Å²) in [6, 6.07) is 2.72. The number of rotatable bonds is 6. The molecule has 5 rings (SSSR count). The molecule has 0 N–H and O–H groups in total. The largest absolute Gasteiger partial charge is 0.381 e. The lowest BCUT2D eigenvalue weighted by molar-refractivity contribution is -0.135. The van der Waals surface area contributed by atoms with Crippen LogP contribution < -0.4 is 0 Å². The summed E-state index contributed by atoms with van der Waals surface area (Å²) in [5.41, 5.74) is 4.08. The zero-order valence-corrected chi connectivity index (χ0v) is 22.1. The Balaban J connectivity index is 1.71. The number of nitrogens with zero attached hydrogens (tertiary/aromatic N) is 6. The minimum atomic E-state index is -2.71. The summed E-state index contributed by atoms with van der Waals surface area (Å²) in [6.45, 7) is 9.14. The molecule has 3 aromatic rings. The molecule has 0 unspecified atom stereocenters. The summed E-state index contributed by atoms with van der Waals surface area (Å²) < 4.78 is 38.0. The topological polar surface area (TPSA) is 77.5 Å². The maximum Gasteiger partial charge on any atom is 0.264 e. The van der Waals surface area contributed by atoms with Crippen LogP contribution in [0.15, 0.2) is 35.6 Å². The van der Waals surface area contributed by atoms with Crippen LogP contribution in [-0.2, 0) is 23.1 Å². The van der Waals surface area contributed by atoms with Crippen molar-refractivity contribution >= 4 is 23.9 Å². The highest BCUT2D eigenvalue weighted by Crippen LogP contribution is 2.43. The maximum absolute atomic E-state index is 14.4. The number of aliphatic imine (C=N–C) groups is 1. The third-order valence-electron chi connectivity index (χ3n) is 7.55. The Morgan fingerprint density at radius 1 is 1.26 bits per heavy atom. The molecule has 38 heavy (non-hydrogen) atoms. The van der Waals surface area contributed by atoms with Crippen molar-refractivity contribution in [3.8, 4) is 11.1 Å². The SMILES string of the molecule is C=Nc1cc(-c2cnn(C)c2)c(C(F)F)cc1/C(=C\C)c1nc(C2CCOCC2)n2c1CN(C)C(=O)[C@H]2C. The van der Waals surface area contributed by atoms with Gasteiger partial charge in [0, 0.05) is 61.7 Å². The molecule has 0 radical (unpaired) electrons. The number of aryl methyl sites for hydroxylation is 1. The number of aromatic nitrogens is 4. The quantitative estimate of drug-likeness (QED) is 0.405. The molecule has 0 spiro atoms. The lowest BCUT2D eigenvalue weighted by Gasteiger charge is -2.33. The van der Waals surface area contributed by atoms with Gasteiger partial charge in [0.05, 0.1) is 29.8 Å². The van der Waals surface area contributed by atoms with Crippen molar-refractivity contribution in [3.05, 3.63) is 58.9 Å². The Hall–Kier alpha value is -3.66. The van der Waals surface area contributed by atoms with Crippen molar-refractivity contribution in [3.63, 3.8) is 0 Å². The first-order chi connectivity index (χ1) is 18.2. The van der Waals surface area contributed by atoms with Crippen molar-refractivity contribution in [1.82, 2.24) is 24.2 Å². The second-order valence-electron chi connectivity index (χ2n) is 9.91. The minimum absolute atomic E-state index is 0.0195. The van der Waals surface area contributed by atoms with Crippen molar-refractivity contribution < 1.29 is 18.3 Å². The Kier molecular flexibility index (Phi) is 7.00. The standard InChI is InChI=1S/C28H32F2N6O2/c1-6-19(21-11-22(26(29)30)20(12-23(21)31-3)18-13-32-35(5)14-18)25-24-15-34(4)28(37)16(2)36(24)27(33-25)17-7-9-38-10-8-17/h6,11-14,16-17,26H,3,7-10,15H2,1-2,4-5H3/b19-6+/t16-/m1/s1. The van der Waals surface area contributed by atoms with Crippen molar-refractivity contribution in [2.24, 2.45) is 12.0 Å². The minimum Gasteiger partial charge on any atom is -0.381 e. The van der Waals surface area contributed by atoms with E-state index in [-0.39, 0.29) is 17.4 Å². The normalized spacial score (nSPS) is 18.8. The van der Waals surface area contributed by atoms with Crippen LogP contribution in [0.25, 0.3) is 16.7 Å². The van der Waals surface area contributed by atoms with E-state index in [0.29, 0.717) is 53.4 Å². The summed E-state index contributed by atoms with van der Waals surface area (Å²) in [5.74, 6) is 1.02. The second-order valence-corrected chi connectivity index (χ2v) is 9.91. The van der Waals surface area contributed by atoms with Crippen LogP contribution in [-0.4, -0.2) is 57.1 Å². The lowest BCUT2D eigenvalue weighted by atomic mass is 9.92. The molecule has 1 aromatic carbocycles. The number of ether oxygens (including phenoxy) is 1. The fraction of sp³-hybridized carbons (Fsp3) is 0.429. The third-order valence-corrected chi connectivity index (χ3v) is 7.55. The lowest BCUT2D eigenvalue weighted by Crippen LogP contribution is -2.40. The summed E-state index contributed by atoms with van der Waals surface area (Å²) in [4.78, 5) is 24.0. The van der Waals surface area contributed by atoms with E-state index in [0.717, 1.165) is 24.4 Å². The van der Waals surface area contributed by atoms with Crippen molar-refractivity contribution in [1.29, 1.82) is 0 Å². The van der Waals surface area contributed by atoms with E-state index in [9.17, 15) is 13.6 Å². The van der Waals surface area contributed by atoms with Crippen LogP contribution >= 0.6 is 0 Å². The third kappa shape index (κ3) is 4.36. The Labute approximate surface area is 220 Å². The highest BCUT2D eigenvalue weighted by atomic mass is 19.3. The molecule has 0 bridgehead atoms. The number of likely N-dealkylation sites (N-methyl/N-ethyl adjacent to an activating group) is 1. The van der Waals surface area contributed by atoms with E-state index in [4.69, 9.17) is 9.72 Å². The Morgan fingerprint density at radius 2 is 2.00 bits per heavy atom. The first-order valence-electron chi connectivity index (χ1n) is 12.8. The number of halogens is 2. The molecule has 1 saturated heterocycles. The number of hydrogen-bond acceptors (Lipinski definition) is 5. The molecular weight excluding hydrogens is 490 g/mol. The maximum atomic E-state index is 14.4. The fourth-order valence-corrected chi connectivity index (χ4v) is 5.62. The van der Waals surface area contributed by atoms with Crippen molar-refractivity contribution in [2.45, 2.75) is 51.6 Å². The Morgan fingerprint density at radius 3 is 2.61 bits per heavy atom. The van der Waals surface area contributed by atoms with Gasteiger partial charge < -0.3 is 14.2 Å². The van der Waals surface area contributed by atoms with E-state index in [1.165, 1.54) is 6.07 Å². The van der Waals surface area contributed by atoms with Crippen LogP contribution in [0.1, 0.15) is 73.4 Å². The zero-order chi connectivity index (χ0) is 27.1. The molecule has 2 aromatic heterocycles. The highest BCUT2D eigenvalue weighted by Gasteiger charge is 2.36. The van der Waals surface area contributed by atoms with E-state index >= 15 is 0 Å². The summed E-state index contributed by atoms with van der Waals surface area (Å²) in [5, 5.41) is 4.15. The van der Waals surface area contributed by atoms with Crippen LogP contribution in [0, 0.1) is 0 Å². The molecule has 0 aliphatic carbocycles. The van der Waals surface area contributed by atoms with Gasteiger partial charge in [0.25, 0.3) is 6.43 Å². The molecule has 10 heteroatoms. The van der Waals surface area contributed by atoms with Gasteiger partial charge in [-0.05, 0) is 51.1 Å². The number of carbonyl (C=O) groups is 1. The highest BCUT2D eigenvalue weighted by molar-refractivity contribution is 5.89. The Bertz CT molecular complexity index is 1420. The first kappa shape index (κ1) is 26.0. The number of benzene rings is 1. The molecule has 2 aliphatic rings. The molecule has 4 heterocycles. The van der Waals surface area contributed by atoms with Gasteiger partial charge >= 0.3 is 0 Å². The van der Waals surface area contributed by atoms with Gasteiger partial charge in [-0.15, -0.1) is 0 Å².